The Balaban J connectivity index is 1.57. The van der Waals surface area contributed by atoms with E-state index in [-0.39, 0.29) is 12.1 Å². The van der Waals surface area contributed by atoms with Gasteiger partial charge in [-0.3, -0.25) is 0 Å². The Hall–Kier alpha value is -3.22. The lowest BCUT2D eigenvalue weighted by atomic mass is 9.77. The molecule has 38 heavy (non-hydrogen) atoms. The summed E-state index contributed by atoms with van der Waals surface area (Å²) in [6.07, 6.45) is 6.65. The van der Waals surface area contributed by atoms with Crippen molar-refractivity contribution in [3.63, 3.8) is 0 Å². The van der Waals surface area contributed by atoms with E-state index in [2.05, 4.69) is 17.4 Å². The number of carboxylic acid groups (broad SMARTS) is 1. The lowest BCUT2D eigenvalue weighted by Gasteiger charge is -2.41. The molecule has 2 aliphatic carbocycles. The summed E-state index contributed by atoms with van der Waals surface area (Å²) in [4.78, 5) is 27.4. The van der Waals surface area contributed by atoms with Crippen molar-refractivity contribution in [2.75, 3.05) is 19.8 Å². The van der Waals surface area contributed by atoms with E-state index in [1.54, 1.807) is 4.90 Å². The van der Waals surface area contributed by atoms with Crippen molar-refractivity contribution in [1.82, 2.24) is 10.2 Å². The number of carbonyl (C=O) groups is 2. The van der Waals surface area contributed by atoms with Gasteiger partial charge in [-0.15, -0.1) is 0 Å². The zero-order valence-electron chi connectivity index (χ0n) is 23.0. The molecule has 0 saturated heterocycles. The molecule has 0 aromatic heterocycles. The average molecular weight is 523 g/mol. The fourth-order valence-electron chi connectivity index (χ4n) is 5.29. The van der Waals surface area contributed by atoms with Gasteiger partial charge in [0.1, 0.15) is 17.0 Å². The predicted octanol–water partition coefficient (Wildman–Crippen LogP) is 6.46. The molecule has 0 unspecified atom stereocenters. The third kappa shape index (κ3) is 6.43. The van der Waals surface area contributed by atoms with Crippen molar-refractivity contribution in [2.24, 2.45) is 0 Å². The van der Waals surface area contributed by atoms with Crippen molar-refractivity contribution in [3.05, 3.63) is 59.2 Å². The number of urea groups is 1. The van der Waals surface area contributed by atoms with Gasteiger partial charge in [-0.2, -0.15) is 0 Å². The molecule has 2 aromatic carbocycles. The molecule has 7 heteroatoms. The number of nitrogens with one attached hydrogen (secondary N) is 1. The van der Waals surface area contributed by atoms with Gasteiger partial charge in [0.15, 0.2) is 0 Å². The summed E-state index contributed by atoms with van der Waals surface area (Å²) in [7, 11) is 0. The van der Waals surface area contributed by atoms with Crippen LogP contribution >= 0.6 is 0 Å². The molecular formula is C31H42N2O5. The Morgan fingerprint density at radius 3 is 2.18 bits per heavy atom. The van der Waals surface area contributed by atoms with E-state index in [9.17, 15) is 14.7 Å². The van der Waals surface area contributed by atoms with E-state index >= 15 is 0 Å². The SMILES string of the molecule is CCOc1cc([C@@H](C)N(CCCCc2ccccc2)C(=O)NC2(C(=O)O)CCC2)cc(OCC)c1C1CC1. The smallest absolute Gasteiger partial charge is 0.329 e. The van der Waals surface area contributed by atoms with E-state index < -0.39 is 11.5 Å². The van der Waals surface area contributed by atoms with Gasteiger partial charge in [-0.25, -0.2) is 9.59 Å². The minimum atomic E-state index is -1.16. The molecule has 0 heterocycles. The number of rotatable bonds is 14. The summed E-state index contributed by atoms with van der Waals surface area (Å²) in [6.45, 7) is 7.57. The molecule has 1 atom stereocenters. The zero-order valence-corrected chi connectivity index (χ0v) is 23.0. The maximum Gasteiger partial charge on any atom is 0.329 e. The molecule has 4 rings (SSSR count). The monoisotopic (exact) mass is 522 g/mol. The number of benzene rings is 2. The number of nitrogens with zero attached hydrogens (tertiary/aromatic N) is 1. The van der Waals surface area contributed by atoms with Gasteiger partial charge in [-0.05, 0) is 101 Å². The second kappa shape index (κ2) is 12.5. The number of hydrogen-bond donors (Lipinski definition) is 2. The Kier molecular flexibility index (Phi) is 9.18. The van der Waals surface area contributed by atoms with Crippen molar-refractivity contribution >= 4 is 12.0 Å². The molecule has 0 aliphatic heterocycles. The van der Waals surface area contributed by atoms with Gasteiger partial charge >= 0.3 is 12.0 Å². The number of aryl methyl sites for hydroxylation is 1. The molecule has 206 valence electrons. The molecule has 0 bridgehead atoms. The van der Waals surface area contributed by atoms with Crippen molar-refractivity contribution in [1.29, 1.82) is 0 Å². The molecule has 7 nitrogen and oxygen atoms in total. The van der Waals surface area contributed by atoms with E-state index in [0.29, 0.717) is 38.5 Å². The fourth-order valence-corrected chi connectivity index (χ4v) is 5.29. The first-order chi connectivity index (χ1) is 18.4. The molecule has 2 amide bonds. The number of amides is 2. The van der Waals surface area contributed by atoms with Crippen LogP contribution in [0.4, 0.5) is 4.79 Å². The summed E-state index contributed by atoms with van der Waals surface area (Å²) >= 11 is 0. The maximum atomic E-state index is 13.6. The van der Waals surface area contributed by atoms with Crippen LogP contribution in [0.1, 0.15) is 94.4 Å². The van der Waals surface area contributed by atoms with Gasteiger partial charge in [0.2, 0.25) is 0 Å². The van der Waals surface area contributed by atoms with Crippen LogP contribution in [0.15, 0.2) is 42.5 Å². The third-order valence-electron chi connectivity index (χ3n) is 7.84. The number of unbranched alkanes of at least 4 members (excludes halogenated alkanes) is 1. The highest BCUT2D eigenvalue weighted by molar-refractivity contribution is 5.87. The molecule has 0 radical (unpaired) electrons. The number of carbonyl (C=O) groups excluding carboxylic acids is 1. The predicted molar refractivity (Wildman–Crippen MR) is 148 cm³/mol. The first-order valence-electron chi connectivity index (χ1n) is 14.2. The second-order valence-corrected chi connectivity index (χ2v) is 10.6. The topological polar surface area (TPSA) is 88.1 Å². The highest BCUT2D eigenvalue weighted by Gasteiger charge is 2.46. The van der Waals surface area contributed by atoms with E-state index in [0.717, 1.165) is 61.2 Å². The van der Waals surface area contributed by atoms with Crippen LogP contribution in [0, 0.1) is 0 Å². The lowest BCUT2D eigenvalue weighted by Crippen LogP contribution is -2.61. The third-order valence-corrected chi connectivity index (χ3v) is 7.84. The van der Waals surface area contributed by atoms with Crippen LogP contribution in [0.5, 0.6) is 11.5 Å². The molecule has 2 fully saturated rings. The average Bonchev–Trinajstić information content (AvgIpc) is 3.71. The van der Waals surface area contributed by atoms with Gasteiger partial charge in [0.25, 0.3) is 0 Å². The standard InChI is InChI=1S/C31H42N2O5/c1-4-37-26-20-25(21-27(38-5-2)28(26)24-15-16-24)22(3)33(19-10-9-14-23-12-7-6-8-13-23)30(36)32-31(29(34)35)17-11-18-31/h6-8,12-13,20-22,24H,4-5,9-11,14-19H2,1-3H3,(H,32,36)(H,34,35)/t22-/m1/s1. The van der Waals surface area contributed by atoms with E-state index in [1.807, 2.05) is 51.1 Å². The molecule has 2 aromatic rings. The van der Waals surface area contributed by atoms with Crippen LogP contribution in [0.25, 0.3) is 0 Å². The highest BCUT2D eigenvalue weighted by atomic mass is 16.5. The molecule has 2 saturated carbocycles. The van der Waals surface area contributed by atoms with Gasteiger partial charge in [-0.1, -0.05) is 30.3 Å². The van der Waals surface area contributed by atoms with E-state index in [1.165, 1.54) is 5.56 Å². The number of aliphatic carboxylic acids is 1. The van der Waals surface area contributed by atoms with Crippen LogP contribution in [0.3, 0.4) is 0 Å². The van der Waals surface area contributed by atoms with Crippen molar-refractivity contribution in [3.8, 4) is 11.5 Å². The van der Waals surface area contributed by atoms with Gasteiger partial charge in [0.05, 0.1) is 19.3 Å². The van der Waals surface area contributed by atoms with E-state index in [4.69, 9.17) is 9.47 Å². The van der Waals surface area contributed by atoms with Crippen molar-refractivity contribution in [2.45, 2.75) is 89.6 Å². The molecule has 2 N–H and O–H groups in total. The van der Waals surface area contributed by atoms with Crippen LogP contribution in [-0.4, -0.2) is 47.3 Å². The second-order valence-electron chi connectivity index (χ2n) is 10.6. The summed E-state index contributed by atoms with van der Waals surface area (Å²) in [6, 6.07) is 13.8. The molecular weight excluding hydrogens is 480 g/mol. The Morgan fingerprint density at radius 1 is 1.05 bits per heavy atom. The summed E-state index contributed by atoms with van der Waals surface area (Å²) < 4.78 is 12.1. The number of carboxylic acids is 1. The van der Waals surface area contributed by atoms with Crippen LogP contribution in [-0.2, 0) is 11.2 Å². The number of hydrogen-bond acceptors (Lipinski definition) is 4. The maximum absolute atomic E-state index is 13.6. The largest absolute Gasteiger partial charge is 0.493 e. The Morgan fingerprint density at radius 2 is 1.68 bits per heavy atom. The summed E-state index contributed by atoms with van der Waals surface area (Å²) in [5.74, 6) is 1.15. The highest BCUT2D eigenvalue weighted by Crippen LogP contribution is 2.50. The summed E-state index contributed by atoms with van der Waals surface area (Å²) in [5.41, 5.74) is 2.16. The van der Waals surface area contributed by atoms with Crippen LogP contribution < -0.4 is 14.8 Å². The molecule has 0 spiro atoms. The van der Waals surface area contributed by atoms with Crippen LogP contribution in [0.2, 0.25) is 0 Å². The lowest BCUT2D eigenvalue weighted by molar-refractivity contribution is -0.148. The van der Waals surface area contributed by atoms with Gasteiger partial charge in [0, 0.05) is 12.1 Å². The first-order valence-corrected chi connectivity index (χ1v) is 14.2. The van der Waals surface area contributed by atoms with Crippen molar-refractivity contribution < 1.29 is 24.2 Å². The Bertz CT molecular complexity index is 1070. The normalized spacial score (nSPS) is 16.7. The molecule has 2 aliphatic rings. The zero-order chi connectivity index (χ0) is 27.1. The van der Waals surface area contributed by atoms with Gasteiger partial charge < -0.3 is 24.8 Å². The minimum absolute atomic E-state index is 0.288. The summed E-state index contributed by atoms with van der Waals surface area (Å²) in [5, 5.41) is 12.7. The fraction of sp³-hybridized carbons (Fsp3) is 0.548. The minimum Gasteiger partial charge on any atom is -0.493 e. The first kappa shape index (κ1) is 27.8. The Labute approximate surface area is 226 Å². The number of ether oxygens (including phenoxy) is 2. The quantitative estimate of drug-likeness (QED) is 0.278.